The molecule has 1 aliphatic carbocycles. The molecule has 1 aromatic carbocycles. The molecule has 0 bridgehead atoms. The van der Waals surface area contributed by atoms with Gasteiger partial charge in [0.15, 0.2) is 0 Å². The van der Waals surface area contributed by atoms with Crippen molar-refractivity contribution >= 4 is 5.91 Å². The predicted octanol–water partition coefficient (Wildman–Crippen LogP) is 3.12. The Morgan fingerprint density at radius 3 is 2.55 bits per heavy atom. The molecule has 20 heavy (non-hydrogen) atoms. The molecule has 0 aliphatic heterocycles. The lowest BCUT2D eigenvalue weighted by molar-refractivity contribution is -0.131. The maximum absolute atomic E-state index is 12.3. The fourth-order valence-corrected chi connectivity index (χ4v) is 3.00. The van der Waals surface area contributed by atoms with Gasteiger partial charge in [0.05, 0.1) is 0 Å². The van der Waals surface area contributed by atoms with E-state index in [0.29, 0.717) is 0 Å². The molecule has 3 nitrogen and oxygen atoms in total. The van der Waals surface area contributed by atoms with Crippen molar-refractivity contribution in [2.45, 2.75) is 44.6 Å². The second kappa shape index (κ2) is 7.44. The molecule has 1 aliphatic rings. The van der Waals surface area contributed by atoms with Gasteiger partial charge in [-0.1, -0.05) is 62.4 Å². The number of hydrogen-bond acceptors (Lipinski definition) is 2. The largest absolute Gasteiger partial charge is 0.344 e. The van der Waals surface area contributed by atoms with Gasteiger partial charge in [-0.2, -0.15) is 0 Å². The van der Waals surface area contributed by atoms with E-state index in [1.807, 2.05) is 37.4 Å². The number of carbonyl (C=O) groups is 1. The summed E-state index contributed by atoms with van der Waals surface area (Å²) in [6, 6.07) is 9.07. The van der Waals surface area contributed by atoms with Crippen molar-refractivity contribution in [2.75, 3.05) is 13.6 Å². The van der Waals surface area contributed by atoms with E-state index < -0.39 is 6.04 Å². The summed E-state index contributed by atoms with van der Waals surface area (Å²) < 4.78 is 0. The van der Waals surface area contributed by atoms with Gasteiger partial charge in [-0.25, -0.2) is 0 Å². The summed E-state index contributed by atoms with van der Waals surface area (Å²) >= 11 is 0. The minimum Gasteiger partial charge on any atom is -0.344 e. The van der Waals surface area contributed by atoms with Gasteiger partial charge in [0, 0.05) is 13.6 Å². The van der Waals surface area contributed by atoms with E-state index in [9.17, 15) is 4.79 Å². The average Bonchev–Trinajstić information content (AvgIpc) is 2.53. The molecule has 1 atom stereocenters. The summed E-state index contributed by atoms with van der Waals surface area (Å²) in [5.74, 6) is 0.818. The summed E-state index contributed by atoms with van der Waals surface area (Å²) in [4.78, 5) is 14.1. The van der Waals surface area contributed by atoms with Crippen LogP contribution in [0, 0.1) is 5.92 Å². The van der Waals surface area contributed by atoms with E-state index in [1.165, 1.54) is 32.1 Å². The third-order valence-corrected chi connectivity index (χ3v) is 4.40. The van der Waals surface area contributed by atoms with E-state index >= 15 is 0 Å². The fraction of sp³-hybridized carbons (Fsp3) is 0.588. The van der Waals surface area contributed by atoms with Gasteiger partial charge < -0.3 is 10.6 Å². The van der Waals surface area contributed by atoms with E-state index in [1.54, 1.807) is 4.90 Å². The van der Waals surface area contributed by atoms with Crippen LogP contribution in [0.3, 0.4) is 0 Å². The Labute approximate surface area is 122 Å². The van der Waals surface area contributed by atoms with Crippen LogP contribution in [-0.4, -0.2) is 24.4 Å². The molecular formula is C17H26N2O. The van der Waals surface area contributed by atoms with Gasteiger partial charge in [-0.3, -0.25) is 4.79 Å². The number of benzene rings is 1. The third-order valence-electron chi connectivity index (χ3n) is 4.40. The zero-order chi connectivity index (χ0) is 14.4. The minimum absolute atomic E-state index is 0.0204. The summed E-state index contributed by atoms with van der Waals surface area (Å²) in [5, 5.41) is 0. The Balaban J connectivity index is 1.82. The first-order chi connectivity index (χ1) is 9.68. The Hall–Kier alpha value is -1.35. The molecule has 0 saturated heterocycles. The first kappa shape index (κ1) is 15.0. The predicted molar refractivity (Wildman–Crippen MR) is 82.2 cm³/mol. The molecule has 0 aromatic heterocycles. The number of hydrogen-bond donors (Lipinski definition) is 1. The van der Waals surface area contributed by atoms with Gasteiger partial charge in [0.2, 0.25) is 5.91 Å². The Morgan fingerprint density at radius 2 is 1.90 bits per heavy atom. The summed E-state index contributed by atoms with van der Waals surface area (Å²) in [5.41, 5.74) is 6.95. The molecule has 2 rings (SSSR count). The molecule has 1 saturated carbocycles. The summed E-state index contributed by atoms with van der Waals surface area (Å²) in [6.07, 6.45) is 7.85. The van der Waals surface area contributed by atoms with Gasteiger partial charge in [-0.15, -0.1) is 0 Å². The number of carbonyl (C=O) groups excluding carboxylic acids is 1. The van der Waals surface area contributed by atoms with E-state index in [0.717, 1.165) is 24.4 Å². The number of nitrogens with zero attached hydrogens (tertiary/aromatic N) is 1. The van der Waals surface area contributed by atoms with E-state index in [2.05, 4.69) is 0 Å². The van der Waals surface area contributed by atoms with Crippen molar-refractivity contribution in [1.82, 2.24) is 4.90 Å². The Kier molecular flexibility index (Phi) is 5.60. The molecular weight excluding hydrogens is 248 g/mol. The first-order valence-electron chi connectivity index (χ1n) is 7.74. The average molecular weight is 274 g/mol. The van der Waals surface area contributed by atoms with Crippen LogP contribution in [0.1, 0.15) is 50.1 Å². The molecule has 1 amide bonds. The van der Waals surface area contributed by atoms with Crippen molar-refractivity contribution in [3.63, 3.8) is 0 Å². The number of nitrogens with two attached hydrogens (primary N) is 1. The maximum atomic E-state index is 12.3. The molecule has 1 unspecified atom stereocenters. The van der Waals surface area contributed by atoms with Crippen LogP contribution in [0.5, 0.6) is 0 Å². The Morgan fingerprint density at radius 1 is 1.25 bits per heavy atom. The SMILES string of the molecule is CN(CCC1CCCCC1)C(=O)C(N)c1ccccc1. The van der Waals surface area contributed by atoms with Gasteiger partial charge in [-0.05, 0) is 17.9 Å². The monoisotopic (exact) mass is 274 g/mol. The van der Waals surface area contributed by atoms with Crippen molar-refractivity contribution < 1.29 is 4.79 Å². The normalized spacial score (nSPS) is 17.7. The molecule has 2 N–H and O–H groups in total. The lowest BCUT2D eigenvalue weighted by Crippen LogP contribution is -2.37. The number of likely N-dealkylation sites (N-methyl/N-ethyl adjacent to an activating group) is 1. The van der Waals surface area contributed by atoms with Crippen LogP contribution >= 0.6 is 0 Å². The van der Waals surface area contributed by atoms with Crippen molar-refractivity contribution in [3.8, 4) is 0 Å². The zero-order valence-electron chi connectivity index (χ0n) is 12.4. The van der Waals surface area contributed by atoms with Gasteiger partial charge in [0.25, 0.3) is 0 Å². The molecule has 110 valence electrons. The second-order valence-electron chi connectivity index (χ2n) is 5.94. The van der Waals surface area contributed by atoms with Crippen molar-refractivity contribution in [3.05, 3.63) is 35.9 Å². The van der Waals surface area contributed by atoms with Crippen molar-refractivity contribution in [2.24, 2.45) is 11.7 Å². The number of amides is 1. The third kappa shape index (κ3) is 4.07. The summed E-state index contributed by atoms with van der Waals surface area (Å²) in [7, 11) is 1.87. The Bertz CT molecular complexity index is 412. The minimum atomic E-state index is -0.535. The molecule has 1 aromatic rings. The topological polar surface area (TPSA) is 46.3 Å². The van der Waals surface area contributed by atoms with Gasteiger partial charge in [0.1, 0.15) is 6.04 Å². The quantitative estimate of drug-likeness (QED) is 0.896. The molecule has 0 heterocycles. The maximum Gasteiger partial charge on any atom is 0.243 e. The highest BCUT2D eigenvalue weighted by atomic mass is 16.2. The highest BCUT2D eigenvalue weighted by molar-refractivity contribution is 5.82. The van der Waals surface area contributed by atoms with E-state index in [4.69, 9.17) is 5.73 Å². The van der Waals surface area contributed by atoms with Crippen molar-refractivity contribution in [1.29, 1.82) is 0 Å². The number of rotatable bonds is 5. The van der Waals surface area contributed by atoms with E-state index in [-0.39, 0.29) is 5.91 Å². The molecule has 3 heteroatoms. The van der Waals surface area contributed by atoms with Crippen LogP contribution in [-0.2, 0) is 4.79 Å². The first-order valence-corrected chi connectivity index (χ1v) is 7.74. The summed E-state index contributed by atoms with van der Waals surface area (Å²) in [6.45, 7) is 0.823. The second-order valence-corrected chi connectivity index (χ2v) is 5.94. The smallest absolute Gasteiger partial charge is 0.243 e. The van der Waals surface area contributed by atoms with Crippen LogP contribution in [0.25, 0.3) is 0 Å². The molecule has 0 radical (unpaired) electrons. The highest BCUT2D eigenvalue weighted by Crippen LogP contribution is 2.26. The highest BCUT2D eigenvalue weighted by Gasteiger charge is 2.21. The van der Waals surface area contributed by atoms with Gasteiger partial charge >= 0.3 is 0 Å². The standard InChI is InChI=1S/C17H26N2O/c1-19(13-12-14-8-4-2-5-9-14)17(20)16(18)15-10-6-3-7-11-15/h3,6-7,10-11,14,16H,2,4-5,8-9,12-13,18H2,1H3. The zero-order valence-corrected chi connectivity index (χ0v) is 12.4. The lowest BCUT2D eigenvalue weighted by Gasteiger charge is -2.26. The molecule has 0 spiro atoms. The van der Waals surface area contributed by atoms with Crippen LogP contribution in [0.4, 0.5) is 0 Å². The lowest BCUT2D eigenvalue weighted by atomic mass is 9.87. The van der Waals surface area contributed by atoms with Crippen LogP contribution in [0.15, 0.2) is 30.3 Å². The molecule has 1 fully saturated rings. The van der Waals surface area contributed by atoms with Crippen LogP contribution < -0.4 is 5.73 Å². The fourth-order valence-electron chi connectivity index (χ4n) is 3.00. The van der Waals surface area contributed by atoms with Crippen LogP contribution in [0.2, 0.25) is 0 Å².